The fraction of sp³-hybridized carbons (Fsp3) is 0.676. The maximum Gasteiger partial charge on any atom is 0.408 e. The molecule has 0 bridgehead atoms. The highest BCUT2D eigenvalue weighted by Crippen LogP contribution is 2.40. The Labute approximate surface area is 269 Å². The van der Waals surface area contributed by atoms with Gasteiger partial charge in [-0.3, -0.25) is 19.2 Å². The molecule has 254 valence electrons. The Morgan fingerprint density at radius 2 is 1.57 bits per heavy atom. The smallest absolute Gasteiger partial charge is 0.408 e. The van der Waals surface area contributed by atoms with Gasteiger partial charge in [0.15, 0.2) is 0 Å². The van der Waals surface area contributed by atoms with Gasteiger partial charge in [-0.2, -0.15) is 0 Å². The van der Waals surface area contributed by atoms with Gasteiger partial charge in [0, 0.05) is 13.0 Å². The molecule has 4 N–H and O–H groups in total. The van der Waals surface area contributed by atoms with Gasteiger partial charge in [0.2, 0.25) is 23.5 Å². The first-order valence-corrected chi connectivity index (χ1v) is 16.7. The molecule has 1 aromatic carbocycles. The number of carbonyl (C=O) groups excluding carboxylic acids is 5. The van der Waals surface area contributed by atoms with Crippen LogP contribution in [-0.4, -0.2) is 65.1 Å². The van der Waals surface area contributed by atoms with Gasteiger partial charge in [0.25, 0.3) is 5.91 Å². The fourth-order valence-corrected chi connectivity index (χ4v) is 7.47. The van der Waals surface area contributed by atoms with Crippen molar-refractivity contribution in [3.05, 3.63) is 35.9 Å². The average Bonchev–Trinajstić information content (AvgIpc) is 3.50. The average molecular weight is 647 g/mol. The highest BCUT2D eigenvalue weighted by atomic mass is 19.3. The first-order valence-electron chi connectivity index (χ1n) is 16.7. The maximum atomic E-state index is 14.4. The van der Waals surface area contributed by atoms with E-state index in [0.717, 1.165) is 69.8 Å². The van der Waals surface area contributed by atoms with Crippen LogP contribution in [0, 0.1) is 17.8 Å². The predicted octanol–water partition coefficient (Wildman–Crippen LogP) is 4.63. The number of hydrogen-bond donors (Lipinski definition) is 3. The van der Waals surface area contributed by atoms with Crippen LogP contribution in [0.4, 0.5) is 13.6 Å². The fourth-order valence-electron chi connectivity index (χ4n) is 7.47. The molecular formula is C34H48F2N4O6. The SMILES string of the molecule is CC(F)(F)CC[C@H](NC(=O)[C@@H]1[C@@H](C2CCCCC2)CCN1C(=O)[C@@H](NC(=O)OCc1ccccc1)C1CCCCC1)C(=O)C(N)=O. The molecule has 0 unspecified atom stereocenters. The lowest BCUT2D eigenvalue weighted by Crippen LogP contribution is -2.59. The van der Waals surface area contributed by atoms with E-state index >= 15 is 0 Å². The van der Waals surface area contributed by atoms with E-state index in [9.17, 15) is 32.8 Å². The summed E-state index contributed by atoms with van der Waals surface area (Å²) in [5.41, 5.74) is 6.01. The molecule has 12 heteroatoms. The molecule has 1 aromatic rings. The van der Waals surface area contributed by atoms with Crippen LogP contribution in [0.3, 0.4) is 0 Å². The van der Waals surface area contributed by atoms with E-state index in [2.05, 4.69) is 10.6 Å². The highest BCUT2D eigenvalue weighted by molar-refractivity contribution is 6.37. The first-order chi connectivity index (χ1) is 21.9. The largest absolute Gasteiger partial charge is 0.445 e. The minimum atomic E-state index is -3.13. The number of halogens is 2. The van der Waals surface area contributed by atoms with E-state index in [-0.39, 0.29) is 30.9 Å². The molecule has 4 rings (SSSR count). The molecular weight excluding hydrogens is 598 g/mol. The Morgan fingerprint density at radius 3 is 2.17 bits per heavy atom. The molecule has 2 aliphatic carbocycles. The number of likely N-dealkylation sites (tertiary alicyclic amines) is 1. The predicted molar refractivity (Wildman–Crippen MR) is 166 cm³/mol. The normalized spacial score (nSPS) is 22.5. The number of nitrogens with two attached hydrogens (primary N) is 1. The summed E-state index contributed by atoms with van der Waals surface area (Å²) < 4.78 is 32.9. The Balaban J connectivity index is 1.58. The molecule has 4 atom stereocenters. The zero-order valence-corrected chi connectivity index (χ0v) is 26.7. The van der Waals surface area contributed by atoms with Crippen LogP contribution < -0.4 is 16.4 Å². The number of rotatable bonds is 13. The third-order valence-corrected chi connectivity index (χ3v) is 9.87. The zero-order chi connectivity index (χ0) is 33.3. The van der Waals surface area contributed by atoms with Crippen LogP contribution in [0.5, 0.6) is 0 Å². The lowest BCUT2D eigenvalue weighted by Gasteiger charge is -2.37. The Bertz CT molecular complexity index is 1210. The van der Waals surface area contributed by atoms with Crippen molar-refractivity contribution in [2.45, 2.75) is 121 Å². The zero-order valence-electron chi connectivity index (χ0n) is 26.7. The van der Waals surface area contributed by atoms with Crippen molar-refractivity contribution in [3.63, 3.8) is 0 Å². The van der Waals surface area contributed by atoms with Crippen molar-refractivity contribution in [2.24, 2.45) is 23.5 Å². The number of hydrogen-bond acceptors (Lipinski definition) is 6. The number of primary amides is 1. The van der Waals surface area contributed by atoms with Crippen LogP contribution in [0.25, 0.3) is 0 Å². The van der Waals surface area contributed by atoms with Crippen LogP contribution in [0.15, 0.2) is 30.3 Å². The number of nitrogens with zero attached hydrogens (tertiary/aromatic N) is 1. The molecule has 3 aliphatic rings. The van der Waals surface area contributed by atoms with Gasteiger partial charge in [-0.05, 0) is 55.9 Å². The van der Waals surface area contributed by atoms with E-state index in [1.165, 1.54) is 4.90 Å². The van der Waals surface area contributed by atoms with Crippen LogP contribution in [-0.2, 0) is 30.5 Å². The minimum Gasteiger partial charge on any atom is -0.445 e. The maximum absolute atomic E-state index is 14.4. The number of nitrogens with one attached hydrogen (secondary N) is 2. The number of carbonyl (C=O) groups is 5. The molecule has 0 radical (unpaired) electrons. The van der Waals surface area contributed by atoms with Crippen molar-refractivity contribution >= 4 is 29.6 Å². The molecule has 46 heavy (non-hydrogen) atoms. The molecule has 3 fully saturated rings. The summed E-state index contributed by atoms with van der Waals surface area (Å²) in [4.78, 5) is 67.4. The van der Waals surface area contributed by atoms with E-state index in [4.69, 9.17) is 10.5 Å². The van der Waals surface area contributed by atoms with E-state index in [0.29, 0.717) is 13.3 Å². The van der Waals surface area contributed by atoms with E-state index < -0.39 is 66.5 Å². The molecule has 4 amide bonds. The first kappa shape index (κ1) is 35.3. The van der Waals surface area contributed by atoms with Crippen molar-refractivity contribution in [1.29, 1.82) is 0 Å². The standard InChI is InChI=1S/C34H48F2N4O6/c1-34(35,36)19-17-26(29(41)30(37)42)38-31(43)28-25(23-13-7-3-8-14-23)18-20-40(28)32(44)27(24-15-9-4-10-16-24)39-33(45)46-21-22-11-5-2-6-12-22/h2,5-6,11-12,23-28H,3-4,7-10,13-21H2,1H3,(H2,37,42)(H,38,43)(H,39,45)/t25-,26+,27+,28+/m1/s1. The summed E-state index contributed by atoms with van der Waals surface area (Å²) in [6.07, 6.45) is 7.74. The highest BCUT2D eigenvalue weighted by Gasteiger charge is 2.48. The Kier molecular flexibility index (Phi) is 12.5. The number of Topliss-reactive ketones (excluding diaryl/α,β-unsaturated/α-hetero) is 1. The second-order valence-electron chi connectivity index (χ2n) is 13.3. The molecule has 1 saturated heterocycles. The van der Waals surface area contributed by atoms with E-state index in [1.54, 1.807) is 0 Å². The summed E-state index contributed by atoms with van der Waals surface area (Å²) in [7, 11) is 0. The van der Waals surface area contributed by atoms with Gasteiger partial charge >= 0.3 is 6.09 Å². The lowest BCUT2D eigenvalue weighted by molar-refractivity contribution is -0.144. The molecule has 0 spiro atoms. The molecule has 10 nitrogen and oxygen atoms in total. The topological polar surface area (TPSA) is 148 Å². The number of benzene rings is 1. The summed E-state index contributed by atoms with van der Waals surface area (Å²) in [6.45, 7) is 0.993. The van der Waals surface area contributed by atoms with Crippen LogP contribution >= 0.6 is 0 Å². The summed E-state index contributed by atoms with van der Waals surface area (Å²) in [6, 6.07) is 5.72. The number of alkyl halides is 2. The molecule has 0 aromatic heterocycles. The van der Waals surface area contributed by atoms with Crippen LogP contribution in [0.1, 0.15) is 96.0 Å². The van der Waals surface area contributed by atoms with Gasteiger partial charge < -0.3 is 26.0 Å². The third-order valence-electron chi connectivity index (χ3n) is 9.87. The van der Waals surface area contributed by atoms with Gasteiger partial charge in [0.1, 0.15) is 18.7 Å². The van der Waals surface area contributed by atoms with Gasteiger partial charge in [0.05, 0.1) is 6.04 Å². The molecule has 1 heterocycles. The number of amides is 4. The lowest BCUT2D eigenvalue weighted by atomic mass is 9.76. The van der Waals surface area contributed by atoms with Crippen molar-refractivity contribution in [2.75, 3.05) is 6.54 Å². The van der Waals surface area contributed by atoms with Gasteiger partial charge in [-0.25, -0.2) is 13.6 Å². The second kappa shape index (κ2) is 16.3. The van der Waals surface area contributed by atoms with Crippen molar-refractivity contribution < 1.29 is 37.5 Å². The summed E-state index contributed by atoms with van der Waals surface area (Å²) >= 11 is 0. The monoisotopic (exact) mass is 646 g/mol. The van der Waals surface area contributed by atoms with Crippen LogP contribution in [0.2, 0.25) is 0 Å². The van der Waals surface area contributed by atoms with Gasteiger partial charge in [-0.15, -0.1) is 0 Å². The summed E-state index contributed by atoms with van der Waals surface area (Å²) in [5, 5.41) is 5.35. The molecule has 2 saturated carbocycles. The van der Waals surface area contributed by atoms with Gasteiger partial charge in [-0.1, -0.05) is 81.7 Å². The van der Waals surface area contributed by atoms with Crippen molar-refractivity contribution in [3.8, 4) is 0 Å². The minimum absolute atomic E-state index is 0.0306. The number of alkyl carbamates (subject to hydrolysis) is 1. The second-order valence-corrected chi connectivity index (χ2v) is 13.3. The number of ether oxygens (including phenoxy) is 1. The third kappa shape index (κ3) is 9.72. The Hall–Kier alpha value is -3.57. The number of ketones is 1. The Morgan fingerprint density at radius 1 is 0.935 bits per heavy atom. The van der Waals surface area contributed by atoms with E-state index in [1.807, 2.05) is 30.3 Å². The quantitative estimate of drug-likeness (QED) is 0.266. The van der Waals surface area contributed by atoms with Crippen molar-refractivity contribution in [1.82, 2.24) is 15.5 Å². The summed E-state index contributed by atoms with van der Waals surface area (Å²) in [5.74, 6) is -6.92. The molecule has 1 aliphatic heterocycles.